The predicted octanol–water partition coefficient (Wildman–Crippen LogP) is 3.16. The Morgan fingerprint density at radius 3 is 2.48 bits per heavy atom. The number of carbonyl (C=O) groups is 2. The molecular weight excluding hydrogens is 394 g/mol. The Kier molecular flexibility index (Phi) is 6.24. The number of fused-ring (bicyclic) bond motifs is 1. The number of pyridine rings is 1. The van der Waals surface area contributed by atoms with E-state index in [9.17, 15) is 14.4 Å². The Morgan fingerprint density at radius 2 is 1.84 bits per heavy atom. The molecule has 1 atom stereocenters. The molecule has 162 valence electrons. The molecule has 0 fully saturated rings. The summed E-state index contributed by atoms with van der Waals surface area (Å²) in [6, 6.07) is 11.4. The lowest BCUT2D eigenvalue weighted by Gasteiger charge is -2.19. The van der Waals surface area contributed by atoms with Crippen LogP contribution in [0.25, 0.3) is 5.65 Å². The van der Waals surface area contributed by atoms with Crippen LogP contribution in [0.1, 0.15) is 54.9 Å². The average Bonchev–Trinajstić information content (AvgIpc) is 2.72. The van der Waals surface area contributed by atoms with Crippen LogP contribution >= 0.6 is 0 Å². The summed E-state index contributed by atoms with van der Waals surface area (Å²) < 4.78 is 6.71. The Labute approximate surface area is 181 Å². The maximum Gasteiger partial charge on any atom is 0.328 e. The molecule has 0 radical (unpaired) electrons. The Bertz CT molecular complexity index is 1170. The first kappa shape index (κ1) is 22.2. The third-order valence-corrected chi connectivity index (χ3v) is 5.02. The maximum atomic E-state index is 12.4. The topological polar surface area (TPSA) is 89.8 Å². The van der Waals surface area contributed by atoms with Gasteiger partial charge >= 0.3 is 5.97 Å². The van der Waals surface area contributed by atoms with Gasteiger partial charge in [-0.15, -0.1) is 0 Å². The fourth-order valence-corrected chi connectivity index (χ4v) is 3.11. The van der Waals surface area contributed by atoms with Gasteiger partial charge in [0.25, 0.3) is 11.5 Å². The normalized spacial score (nSPS) is 12.4. The van der Waals surface area contributed by atoms with E-state index in [4.69, 9.17) is 4.74 Å². The van der Waals surface area contributed by atoms with Gasteiger partial charge in [0, 0.05) is 17.8 Å². The molecule has 2 aromatic heterocycles. The highest BCUT2D eigenvalue weighted by molar-refractivity contribution is 5.96. The highest BCUT2D eigenvalue weighted by atomic mass is 16.5. The number of nitrogens with zero attached hydrogens (tertiary/aromatic N) is 2. The number of nitrogens with one attached hydrogen (secondary N) is 1. The second-order valence-corrected chi connectivity index (χ2v) is 8.60. The van der Waals surface area contributed by atoms with Gasteiger partial charge in [0.15, 0.2) is 0 Å². The Morgan fingerprint density at radius 1 is 1.16 bits per heavy atom. The molecule has 0 aliphatic heterocycles. The SMILES string of the molecule is Cc1cccn2c(=O)cc(COC(=O)[C@H](C)NC(=O)c3ccc(C(C)(C)C)cc3)nc12. The molecule has 3 aromatic rings. The number of benzene rings is 1. The minimum atomic E-state index is -0.849. The zero-order chi connectivity index (χ0) is 22.8. The molecule has 7 heteroatoms. The number of amides is 1. The van der Waals surface area contributed by atoms with Crippen LogP contribution in [0.15, 0.2) is 53.5 Å². The standard InChI is InChI=1S/C24H27N3O4/c1-15-7-6-12-27-20(28)13-19(26-21(15)27)14-31-23(30)16(2)25-22(29)17-8-10-18(11-9-17)24(3,4)5/h6-13,16H,14H2,1-5H3,(H,25,29)/t16-/m0/s1. The number of hydrogen-bond donors (Lipinski definition) is 1. The zero-order valence-electron chi connectivity index (χ0n) is 18.4. The summed E-state index contributed by atoms with van der Waals surface area (Å²) >= 11 is 0. The highest BCUT2D eigenvalue weighted by Crippen LogP contribution is 2.22. The number of aromatic nitrogens is 2. The van der Waals surface area contributed by atoms with E-state index >= 15 is 0 Å². The lowest BCUT2D eigenvalue weighted by Crippen LogP contribution is -2.39. The minimum Gasteiger partial charge on any atom is -0.458 e. The number of hydrogen-bond acceptors (Lipinski definition) is 5. The van der Waals surface area contributed by atoms with Crippen molar-refractivity contribution in [2.75, 3.05) is 0 Å². The minimum absolute atomic E-state index is 0.0100. The van der Waals surface area contributed by atoms with Crippen molar-refractivity contribution < 1.29 is 14.3 Å². The third kappa shape index (κ3) is 5.17. The Hall–Kier alpha value is -3.48. The van der Waals surface area contributed by atoms with Gasteiger partial charge in [-0.1, -0.05) is 39.0 Å². The first-order chi connectivity index (χ1) is 14.6. The summed E-state index contributed by atoms with van der Waals surface area (Å²) in [5.41, 5.74) is 3.03. The summed E-state index contributed by atoms with van der Waals surface area (Å²) in [5.74, 6) is -0.964. The maximum absolute atomic E-state index is 12.4. The second-order valence-electron chi connectivity index (χ2n) is 8.60. The first-order valence-corrected chi connectivity index (χ1v) is 10.1. The average molecular weight is 421 g/mol. The van der Waals surface area contributed by atoms with Crippen molar-refractivity contribution in [1.82, 2.24) is 14.7 Å². The molecule has 0 unspecified atom stereocenters. The van der Waals surface area contributed by atoms with E-state index in [-0.39, 0.29) is 23.5 Å². The van der Waals surface area contributed by atoms with Gasteiger partial charge in [0.1, 0.15) is 18.3 Å². The van der Waals surface area contributed by atoms with E-state index in [1.54, 1.807) is 31.3 Å². The molecule has 1 amide bonds. The van der Waals surface area contributed by atoms with Crippen LogP contribution < -0.4 is 10.9 Å². The second kappa shape index (κ2) is 8.71. The third-order valence-electron chi connectivity index (χ3n) is 5.02. The van der Waals surface area contributed by atoms with E-state index in [0.29, 0.717) is 16.9 Å². The van der Waals surface area contributed by atoms with E-state index in [0.717, 1.165) is 11.1 Å². The smallest absolute Gasteiger partial charge is 0.328 e. The molecule has 7 nitrogen and oxygen atoms in total. The van der Waals surface area contributed by atoms with Gasteiger partial charge in [-0.25, -0.2) is 9.78 Å². The van der Waals surface area contributed by atoms with Crippen molar-refractivity contribution in [2.24, 2.45) is 0 Å². The summed E-state index contributed by atoms with van der Waals surface area (Å²) in [5, 5.41) is 2.64. The van der Waals surface area contributed by atoms with E-state index in [1.165, 1.54) is 10.5 Å². The first-order valence-electron chi connectivity index (χ1n) is 10.1. The summed E-state index contributed by atoms with van der Waals surface area (Å²) in [7, 11) is 0. The van der Waals surface area contributed by atoms with Crippen LogP contribution in [-0.2, 0) is 21.6 Å². The summed E-state index contributed by atoms with van der Waals surface area (Å²) in [4.78, 5) is 41.4. The number of carbonyl (C=O) groups excluding carboxylic acids is 2. The van der Waals surface area contributed by atoms with Crippen LogP contribution in [0, 0.1) is 6.92 Å². The van der Waals surface area contributed by atoms with Crippen LogP contribution in [0.2, 0.25) is 0 Å². The quantitative estimate of drug-likeness (QED) is 0.639. The van der Waals surface area contributed by atoms with Gasteiger partial charge in [0.2, 0.25) is 0 Å². The van der Waals surface area contributed by atoms with Crippen molar-refractivity contribution in [1.29, 1.82) is 0 Å². The number of esters is 1. The van der Waals surface area contributed by atoms with Crippen molar-refractivity contribution in [3.05, 3.63) is 81.4 Å². The fraction of sp³-hybridized carbons (Fsp3) is 0.333. The van der Waals surface area contributed by atoms with Gasteiger partial charge in [-0.2, -0.15) is 0 Å². The number of aryl methyl sites for hydroxylation is 1. The van der Waals surface area contributed by atoms with Crippen molar-refractivity contribution in [3.8, 4) is 0 Å². The molecule has 3 rings (SSSR count). The van der Waals surface area contributed by atoms with Gasteiger partial charge in [-0.05, 0) is 48.6 Å². The molecule has 0 aliphatic carbocycles. The van der Waals surface area contributed by atoms with Crippen LogP contribution in [0.5, 0.6) is 0 Å². The van der Waals surface area contributed by atoms with Crippen LogP contribution in [0.3, 0.4) is 0 Å². The molecule has 0 aliphatic rings. The lowest BCUT2D eigenvalue weighted by molar-refractivity contribution is -0.146. The molecule has 1 aromatic carbocycles. The Balaban J connectivity index is 1.62. The number of rotatable bonds is 5. The summed E-state index contributed by atoms with van der Waals surface area (Å²) in [6.07, 6.45) is 1.64. The molecule has 31 heavy (non-hydrogen) atoms. The monoisotopic (exact) mass is 421 g/mol. The molecule has 0 saturated heterocycles. The largest absolute Gasteiger partial charge is 0.458 e. The van der Waals surface area contributed by atoms with Crippen molar-refractivity contribution in [3.63, 3.8) is 0 Å². The van der Waals surface area contributed by atoms with Crippen molar-refractivity contribution in [2.45, 2.75) is 52.7 Å². The molecule has 0 saturated carbocycles. The van der Waals surface area contributed by atoms with E-state index < -0.39 is 12.0 Å². The molecule has 2 heterocycles. The molecule has 0 spiro atoms. The van der Waals surface area contributed by atoms with E-state index in [2.05, 4.69) is 31.1 Å². The molecule has 1 N–H and O–H groups in total. The molecular formula is C24H27N3O4. The number of ether oxygens (including phenoxy) is 1. The van der Waals surface area contributed by atoms with Crippen molar-refractivity contribution >= 4 is 17.5 Å². The summed E-state index contributed by atoms with van der Waals surface area (Å²) in [6.45, 7) is 9.54. The van der Waals surface area contributed by atoms with Gasteiger partial charge in [0.05, 0.1) is 5.69 Å². The zero-order valence-corrected chi connectivity index (χ0v) is 18.4. The van der Waals surface area contributed by atoms with E-state index in [1.807, 2.05) is 25.1 Å². The van der Waals surface area contributed by atoms with Gasteiger partial charge in [-0.3, -0.25) is 14.0 Å². The van der Waals surface area contributed by atoms with Crippen LogP contribution in [0.4, 0.5) is 0 Å². The lowest BCUT2D eigenvalue weighted by atomic mass is 9.86. The predicted molar refractivity (Wildman–Crippen MR) is 118 cm³/mol. The van der Waals surface area contributed by atoms with Gasteiger partial charge < -0.3 is 10.1 Å². The fourth-order valence-electron chi connectivity index (χ4n) is 3.11. The highest BCUT2D eigenvalue weighted by Gasteiger charge is 2.20. The van der Waals surface area contributed by atoms with Crippen LogP contribution in [-0.4, -0.2) is 27.3 Å². The molecule has 0 bridgehead atoms.